The fraction of sp³-hybridized carbons (Fsp3) is 0.385. The highest BCUT2D eigenvalue weighted by atomic mass is 16.4. The Labute approximate surface area is 110 Å². The van der Waals surface area contributed by atoms with Crippen LogP contribution in [0.25, 0.3) is 0 Å². The van der Waals surface area contributed by atoms with Crippen molar-refractivity contribution in [3.8, 4) is 0 Å². The molecule has 2 rings (SSSR count). The Morgan fingerprint density at radius 2 is 2.11 bits per heavy atom. The standard InChI is InChI=1S/C13H16N2O4/c1-7-2-3-8(4-10(7)14)12(17)15-6-9(16)5-11(15)13(18)19/h2-4,9,11,16H,5-6,14H2,1H3,(H,18,19)/t9-,11-/m1/s1. The summed E-state index contributed by atoms with van der Waals surface area (Å²) in [7, 11) is 0. The predicted molar refractivity (Wildman–Crippen MR) is 68.7 cm³/mol. The van der Waals surface area contributed by atoms with E-state index in [0.717, 1.165) is 5.56 Å². The fourth-order valence-corrected chi connectivity index (χ4v) is 2.21. The van der Waals surface area contributed by atoms with Gasteiger partial charge in [0, 0.05) is 24.2 Å². The van der Waals surface area contributed by atoms with Crippen LogP contribution in [-0.2, 0) is 4.79 Å². The van der Waals surface area contributed by atoms with Crippen LogP contribution in [0.15, 0.2) is 18.2 Å². The molecule has 1 aliphatic rings. The topological polar surface area (TPSA) is 104 Å². The number of hydrogen-bond donors (Lipinski definition) is 3. The number of carboxylic acid groups (broad SMARTS) is 1. The van der Waals surface area contributed by atoms with E-state index < -0.39 is 24.0 Å². The molecule has 0 aliphatic carbocycles. The number of nitrogens with zero attached hydrogens (tertiary/aromatic N) is 1. The fourth-order valence-electron chi connectivity index (χ4n) is 2.21. The quantitative estimate of drug-likeness (QED) is 0.664. The molecule has 1 aromatic rings. The van der Waals surface area contributed by atoms with Gasteiger partial charge in [0.05, 0.1) is 6.10 Å². The molecule has 6 nitrogen and oxygen atoms in total. The summed E-state index contributed by atoms with van der Waals surface area (Å²) in [5.74, 6) is -1.53. The Hall–Kier alpha value is -2.08. The molecule has 1 aliphatic heterocycles. The second kappa shape index (κ2) is 4.89. The number of aliphatic hydroxyl groups excluding tert-OH is 1. The molecule has 19 heavy (non-hydrogen) atoms. The SMILES string of the molecule is Cc1ccc(C(=O)N2C[C@H](O)C[C@@H]2C(=O)O)cc1N. The van der Waals surface area contributed by atoms with Crippen LogP contribution in [0, 0.1) is 6.92 Å². The number of carbonyl (C=O) groups excluding carboxylic acids is 1. The maximum absolute atomic E-state index is 12.3. The van der Waals surface area contributed by atoms with Gasteiger partial charge in [-0.1, -0.05) is 6.07 Å². The maximum Gasteiger partial charge on any atom is 0.326 e. The molecule has 0 radical (unpaired) electrons. The van der Waals surface area contributed by atoms with Crippen LogP contribution >= 0.6 is 0 Å². The van der Waals surface area contributed by atoms with Crippen molar-refractivity contribution < 1.29 is 19.8 Å². The number of aliphatic hydroxyl groups is 1. The summed E-state index contributed by atoms with van der Waals surface area (Å²) in [6.07, 6.45) is -0.740. The number of nitrogen functional groups attached to an aromatic ring is 1. The Bertz CT molecular complexity index is 529. The number of hydrogen-bond acceptors (Lipinski definition) is 4. The number of anilines is 1. The van der Waals surface area contributed by atoms with Gasteiger partial charge >= 0.3 is 5.97 Å². The molecule has 2 atom stereocenters. The van der Waals surface area contributed by atoms with Gasteiger partial charge in [-0.25, -0.2) is 4.79 Å². The van der Waals surface area contributed by atoms with E-state index in [-0.39, 0.29) is 13.0 Å². The minimum atomic E-state index is -1.11. The first-order valence-electron chi connectivity index (χ1n) is 5.98. The van der Waals surface area contributed by atoms with Gasteiger partial charge in [0.2, 0.25) is 0 Å². The van der Waals surface area contributed by atoms with E-state index in [1.165, 1.54) is 11.0 Å². The van der Waals surface area contributed by atoms with Crippen molar-refractivity contribution in [3.05, 3.63) is 29.3 Å². The number of aryl methyl sites for hydroxylation is 1. The van der Waals surface area contributed by atoms with Crippen molar-refractivity contribution in [1.82, 2.24) is 4.90 Å². The van der Waals surface area contributed by atoms with E-state index in [2.05, 4.69) is 0 Å². The first kappa shape index (κ1) is 13.4. The molecule has 0 aromatic heterocycles. The summed E-state index contributed by atoms with van der Waals surface area (Å²) < 4.78 is 0. The number of carboxylic acids is 1. The third kappa shape index (κ3) is 2.53. The first-order valence-corrected chi connectivity index (χ1v) is 5.98. The van der Waals surface area contributed by atoms with Gasteiger partial charge in [-0.3, -0.25) is 4.79 Å². The number of aliphatic carboxylic acids is 1. The molecular weight excluding hydrogens is 248 g/mol. The molecule has 102 valence electrons. The zero-order valence-corrected chi connectivity index (χ0v) is 10.5. The van der Waals surface area contributed by atoms with Gasteiger partial charge in [0.15, 0.2) is 0 Å². The van der Waals surface area contributed by atoms with E-state index in [4.69, 9.17) is 10.8 Å². The minimum absolute atomic E-state index is 0.0313. The van der Waals surface area contributed by atoms with Crippen molar-refractivity contribution >= 4 is 17.6 Å². The molecule has 0 spiro atoms. The van der Waals surface area contributed by atoms with Crippen LogP contribution < -0.4 is 5.73 Å². The highest BCUT2D eigenvalue weighted by Crippen LogP contribution is 2.22. The van der Waals surface area contributed by atoms with Crippen LogP contribution in [0.2, 0.25) is 0 Å². The van der Waals surface area contributed by atoms with Crippen molar-refractivity contribution in [1.29, 1.82) is 0 Å². The zero-order valence-electron chi connectivity index (χ0n) is 10.5. The monoisotopic (exact) mass is 264 g/mol. The summed E-state index contributed by atoms with van der Waals surface area (Å²) in [5, 5.41) is 18.6. The zero-order chi connectivity index (χ0) is 14.2. The molecule has 0 saturated carbocycles. The molecule has 0 unspecified atom stereocenters. The molecule has 1 aromatic carbocycles. The van der Waals surface area contributed by atoms with E-state index in [1.807, 2.05) is 6.92 Å². The Morgan fingerprint density at radius 1 is 1.42 bits per heavy atom. The summed E-state index contributed by atoms with van der Waals surface area (Å²) in [6, 6.07) is 3.87. The first-order chi connectivity index (χ1) is 8.90. The lowest BCUT2D eigenvalue weighted by Gasteiger charge is -2.21. The number of rotatable bonds is 2. The van der Waals surface area contributed by atoms with E-state index in [9.17, 15) is 14.7 Å². The Morgan fingerprint density at radius 3 is 2.68 bits per heavy atom. The second-order valence-corrected chi connectivity index (χ2v) is 4.77. The molecule has 0 bridgehead atoms. The second-order valence-electron chi connectivity index (χ2n) is 4.77. The van der Waals surface area contributed by atoms with Gasteiger partial charge in [-0.15, -0.1) is 0 Å². The average molecular weight is 264 g/mol. The van der Waals surface area contributed by atoms with Crippen molar-refractivity contribution in [3.63, 3.8) is 0 Å². The summed E-state index contributed by atoms with van der Waals surface area (Å²) in [6.45, 7) is 1.85. The lowest BCUT2D eigenvalue weighted by atomic mass is 10.1. The van der Waals surface area contributed by atoms with Gasteiger partial charge in [0.25, 0.3) is 5.91 Å². The molecule has 1 heterocycles. The van der Waals surface area contributed by atoms with Crippen molar-refractivity contribution in [2.75, 3.05) is 12.3 Å². The average Bonchev–Trinajstić information content (AvgIpc) is 2.74. The summed E-state index contributed by atoms with van der Waals surface area (Å²) in [5.41, 5.74) is 7.42. The van der Waals surface area contributed by atoms with Crippen LogP contribution in [0.5, 0.6) is 0 Å². The number of nitrogens with two attached hydrogens (primary N) is 1. The summed E-state index contributed by atoms with van der Waals surface area (Å²) in [4.78, 5) is 24.5. The van der Waals surface area contributed by atoms with Gasteiger partial charge in [0.1, 0.15) is 6.04 Å². The maximum atomic E-state index is 12.3. The molecule has 6 heteroatoms. The highest BCUT2D eigenvalue weighted by Gasteiger charge is 2.39. The molecule has 4 N–H and O–H groups in total. The number of amides is 1. The number of benzene rings is 1. The number of carbonyl (C=O) groups is 2. The third-order valence-corrected chi connectivity index (χ3v) is 3.35. The van der Waals surface area contributed by atoms with Crippen LogP contribution in [0.1, 0.15) is 22.3 Å². The number of likely N-dealkylation sites (tertiary alicyclic amines) is 1. The molecular formula is C13H16N2O4. The smallest absolute Gasteiger partial charge is 0.326 e. The number of β-amino-alcohol motifs (C(OH)–C–C–N with tert-alkyl or cyclic N) is 1. The van der Waals surface area contributed by atoms with Crippen LogP contribution in [0.3, 0.4) is 0 Å². The normalized spacial score (nSPS) is 22.5. The van der Waals surface area contributed by atoms with Gasteiger partial charge in [-0.2, -0.15) is 0 Å². The molecule has 1 amide bonds. The van der Waals surface area contributed by atoms with Crippen LogP contribution in [-0.4, -0.2) is 45.7 Å². The van der Waals surface area contributed by atoms with Crippen molar-refractivity contribution in [2.45, 2.75) is 25.5 Å². The van der Waals surface area contributed by atoms with Gasteiger partial charge < -0.3 is 20.8 Å². The van der Waals surface area contributed by atoms with E-state index >= 15 is 0 Å². The molecule has 1 saturated heterocycles. The third-order valence-electron chi connectivity index (χ3n) is 3.35. The Kier molecular flexibility index (Phi) is 3.44. The minimum Gasteiger partial charge on any atom is -0.480 e. The summed E-state index contributed by atoms with van der Waals surface area (Å²) >= 11 is 0. The van der Waals surface area contributed by atoms with Crippen molar-refractivity contribution in [2.24, 2.45) is 0 Å². The lowest BCUT2D eigenvalue weighted by Crippen LogP contribution is -2.40. The largest absolute Gasteiger partial charge is 0.480 e. The molecule has 1 fully saturated rings. The highest BCUT2D eigenvalue weighted by molar-refractivity contribution is 5.97. The Balaban J connectivity index is 2.27. The lowest BCUT2D eigenvalue weighted by molar-refractivity contribution is -0.141. The van der Waals surface area contributed by atoms with Gasteiger partial charge in [-0.05, 0) is 24.6 Å². The predicted octanol–water partition coefficient (Wildman–Crippen LogP) is 0.237. The van der Waals surface area contributed by atoms with Crippen LogP contribution in [0.4, 0.5) is 5.69 Å². The van der Waals surface area contributed by atoms with E-state index in [0.29, 0.717) is 11.3 Å². The van der Waals surface area contributed by atoms with E-state index in [1.54, 1.807) is 12.1 Å².